The molecular weight excluding hydrogens is 413 g/mol. The molecular formula is C24H20FN3O2S. The van der Waals surface area contributed by atoms with Crippen LogP contribution in [0.15, 0.2) is 72.8 Å². The topological polar surface area (TPSA) is 54.5 Å². The Balaban J connectivity index is 1.37. The molecule has 156 valence electrons. The van der Waals surface area contributed by atoms with Gasteiger partial charge in [0.2, 0.25) is 5.91 Å². The highest BCUT2D eigenvalue weighted by Gasteiger charge is 2.30. The molecule has 0 radical (unpaired) electrons. The lowest BCUT2D eigenvalue weighted by Gasteiger charge is -2.38. The van der Waals surface area contributed by atoms with E-state index in [4.69, 9.17) is 4.74 Å². The SMILES string of the molecule is O=C(C[C@H]1COc2cc(F)ccc2N1Cc1ccccc1)Nc1nc2ccccc2s1. The summed E-state index contributed by atoms with van der Waals surface area (Å²) in [6.07, 6.45) is 0.236. The van der Waals surface area contributed by atoms with Gasteiger partial charge in [0.1, 0.15) is 18.2 Å². The zero-order valence-corrected chi connectivity index (χ0v) is 17.4. The first-order valence-corrected chi connectivity index (χ1v) is 10.9. The number of aromatic nitrogens is 1. The zero-order valence-electron chi connectivity index (χ0n) is 16.6. The van der Waals surface area contributed by atoms with Crippen molar-refractivity contribution in [3.05, 3.63) is 84.2 Å². The highest BCUT2D eigenvalue weighted by molar-refractivity contribution is 7.22. The summed E-state index contributed by atoms with van der Waals surface area (Å²) >= 11 is 1.45. The van der Waals surface area contributed by atoms with E-state index >= 15 is 0 Å². The maximum atomic E-state index is 13.7. The molecule has 1 aliphatic rings. The molecule has 1 atom stereocenters. The molecule has 1 N–H and O–H groups in total. The third kappa shape index (κ3) is 4.22. The summed E-state index contributed by atoms with van der Waals surface area (Å²) in [5.41, 5.74) is 2.76. The first-order valence-electron chi connectivity index (χ1n) is 10.0. The van der Waals surface area contributed by atoms with Crippen LogP contribution in [-0.2, 0) is 11.3 Å². The van der Waals surface area contributed by atoms with Gasteiger partial charge in [0.15, 0.2) is 5.13 Å². The van der Waals surface area contributed by atoms with Crippen molar-refractivity contribution >= 4 is 38.3 Å². The van der Waals surface area contributed by atoms with E-state index in [-0.39, 0.29) is 24.2 Å². The lowest BCUT2D eigenvalue weighted by molar-refractivity contribution is -0.116. The van der Waals surface area contributed by atoms with E-state index in [0.29, 0.717) is 24.0 Å². The van der Waals surface area contributed by atoms with E-state index < -0.39 is 0 Å². The van der Waals surface area contributed by atoms with Crippen molar-refractivity contribution in [3.63, 3.8) is 0 Å². The van der Waals surface area contributed by atoms with Crippen LogP contribution in [0.2, 0.25) is 0 Å². The Kier molecular flexibility index (Phi) is 5.26. The van der Waals surface area contributed by atoms with Crippen LogP contribution in [-0.4, -0.2) is 23.5 Å². The van der Waals surface area contributed by atoms with Gasteiger partial charge in [-0.25, -0.2) is 9.37 Å². The molecule has 5 rings (SSSR count). The summed E-state index contributed by atoms with van der Waals surface area (Å²) in [6.45, 7) is 0.901. The maximum absolute atomic E-state index is 13.7. The summed E-state index contributed by atoms with van der Waals surface area (Å²) in [4.78, 5) is 19.4. The van der Waals surface area contributed by atoms with Gasteiger partial charge in [-0.15, -0.1) is 0 Å². The van der Waals surface area contributed by atoms with Crippen molar-refractivity contribution in [1.29, 1.82) is 0 Å². The Hall–Kier alpha value is -3.45. The van der Waals surface area contributed by atoms with E-state index in [1.165, 1.54) is 23.5 Å². The van der Waals surface area contributed by atoms with Crippen molar-refractivity contribution in [2.75, 3.05) is 16.8 Å². The fraction of sp³-hybridized carbons (Fsp3) is 0.167. The number of rotatable bonds is 5. The Bertz CT molecular complexity index is 1190. The van der Waals surface area contributed by atoms with E-state index in [0.717, 1.165) is 21.5 Å². The minimum absolute atomic E-state index is 0.128. The van der Waals surface area contributed by atoms with Gasteiger partial charge in [-0.1, -0.05) is 53.8 Å². The van der Waals surface area contributed by atoms with Crippen LogP contribution in [0.3, 0.4) is 0 Å². The number of amides is 1. The number of thiazole rings is 1. The molecule has 4 aromatic rings. The molecule has 2 heterocycles. The first kappa shape index (κ1) is 19.5. The van der Waals surface area contributed by atoms with Crippen LogP contribution >= 0.6 is 11.3 Å². The average Bonchev–Trinajstić information content (AvgIpc) is 3.18. The third-order valence-electron chi connectivity index (χ3n) is 5.26. The van der Waals surface area contributed by atoms with Gasteiger partial charge in [-0.05, 0) is 29.8 Å². The lowest BCUT2D eigenvalue weighted by Crippen LogP contribution is -2.44. The third-order valence-corrected chi connectivity index (χ3v) is 6.21. The smallest absolute Gasteiger partial charge is 0.228 e. The summed E-state index contributed by atoms with van der Waals surface area (Å²) < 4.78 is 20.6. The highest BCUT2D eigenvalue weighted by atomic mass is 32.1. The second-order valence-corrected chi connectivity index (χ2v) is 8.46. The summed E-state index contributed by atoms with van der Waals surface area (Å²) in [5.74, 6) is 0.0282. The number of nitrogens with one attached hydrogen (secondary N) is 1. The number of hydrogen-bond acceptors (Lipinski definition) is 5. The fourth-order valence-corrected chi connectivity index (χ4v) is 4.67. The van der Waals surface area contributed by atoms with Crippen molar-refractivity contribution in [2.45, 2.75) is 19.0 Å². The molecule has 0 saturated heterocycles. The molecule has 0 unspecified atom stereocenters. The Morgan fingerprint density at radius 2 is 1.94 bits per heavy atom. The predicted molar refractivity (Wildman–Crippen MR) is 121 cm³/mol. The molecule has 1 aromatic heterocycles. The fourth-order valence-electron chi connectivity index (χ4n) is 3.79. The van der Waals surface area contributed by atoms with Crippen LogP contribution < -0.4 is 15.0 Å². The minimum Gasteiger partial charge on any atom is -0.489 e. The number of anilines is 2. The minimum atomic E-state index is -0.342. The predicted octanol–water partition coefficient (Wildman–Crippen LogP) is 5.23. The number of hydrogen-bond donors (Lipinski definition) is 1. The zero-order chi connectivity index (χ0) is 21.2. The molecule has 5 nitrogen and oxygen atoms in total. The molecule has 0 saturated carbocycles. The molecule has 0 bridgehead atoms. The van der Waals surface area contributed by atoms with Gasteiger partial charge in [0, 0.05) is 12.6 Å². The van der Waals surface area contributed by atoms with E-state index in [1.807, 2.05) is 54.6 Å². The quantitative estimate of drug-likeness (QED) is 0.468. The number of carbonyl (C=O) groups excluding carboxylic acids is 1. The maximum Gasteiger partial charge on any atom is 0.228 e. The molecule has 7 heteroatoms. The van der Waals surface area contributed by atoms with Crippen molar-refractivity contribution in [1.82, 2.24) is 4.98 Å². The lowest BCUT2D eigenvalue weighted by atomic mass is 10.1. The number of ether oxygens (including phenoxy) is 1. The van der Waals surface area contributed by atoms with E-state index in [2.05, 4.69) is 15.2 Å². The Morgan fingerprint density at radius 3 is 2.77 bits per heavy atom. The van der Waals surface area contributed by atoms with Crippen LogP contribution in [0.4, 0.5) is 15.2 Å². The average molecular weight is 434 g/mol. The van der Waals surface area contributed by atoms with Crippen molar-refractivity contribution < 1.29 is 13.9 Å². The Labute approximate surface area is 183 Å². The molecule has 0 fully saturated rings. The molecule has 31 heavy (non-hydrogen) atoms. The second-order valence-electron chi connectivity index (χ2n) is 7.43. The van der Waals surface area contributed by atoms with Gasteiger partial charge >= 0.3 is 0 Å². The summed E-state index contributed by atoms with van der Waals surface area (Å²) in [7, 11) is 0. The van der Waals surface area contributed by atoms with Crippen LogP contribution in [0.1, 0.15) is 12.0 Å². The molecule has 1 aliphatic heterocycles. The molecule has 1 amide bonds. The van der Waals surface area contributed by atoms with Gasteiger partial charge in [-0.2, -0.15) is 0 Å². The second kappa shape index (κ2) is 8.35. The monoisotopic (exact) mass is 433 g/mol. The number of para-hydroxylation sites is 1. The molecule has 0 spiro atoms. The first-order chi connectivity index (χ1) is 15.2. The van der Waals surface area contributed by atoms with Crippen LogP contribution in [0, 0.1) is 5.82 Å². The van der Waals surface area contributed by atoms with Crippen LogP contribution in [0.25, 0.3) is 10.2 Å². The normalized spacial score (nSPS) is 15.4. The number of halogens is 1. The number of benzene rings is 3. The number of fused-ring (bicyclic) bond motifs is 2. The van der Waals surface area contributed by atoms with Gasteiger partial charge in [0.25, 0.3) is 0 Å². The van der Waals surface area contributed by atoms with E-state index in [1.54, 1.807) is 6.07 Å². The standard InChI is InChI=1S/C24H20FN3O2S/c25-17-10-11-20-21(12-17)30-15-18(28(20)14-16-6-2-1-3-7-16)13-23(29)27-24-26-19-8-4-5-9-22(19)31-24/h1-12,18H,13-15H2,(H,26,27,29)/t18-/m0/s1. The van der Waals surface area contributed by atoms with Gasteiger partial charge in [-0.3, -0.25) is 4.79 Å². The van der Waals surface area contributed by atoms with Gasteiger partial charge < -0.3 is 15.0 Å². The molecule has 3 aromatic carbocycles. The van der Waals surface area contributed by atoms with Crippen molar-refractivity contribution in [2.24, 2.45) is 0 Å². The van der Waals surface area contributed by atoms with Crippen LogP contribution in [0.5, 0.6) is 5.75 Å². The summed E-state index contributed by atoms with van der Waals surface area (Å²) in [6, 6.07) is 22.1. The Morgan fingerprint density at radius 1 is 1.13 bits per heavy atom. The van der Waals surface area contributed by atoms with Crippen molar-refractivity contribution in [3.8, 4) is 5.75 Å². The number of nitrogens with zero attached hydrogens (tertiary/aromatic N) is 2. The molecule has 0 aliphatic carbocycles. The van der Waals surface area contributed by atoms with E-state index in [9.17, 15) is 9.18 Å². The largest absolute Gasteiger partial charge is 0.489 e. The summed E-state index contributed by atoms with van der Waals surface area (Å²) in [5, 5.41) is 3.51. The van der Waals surface area contributed by atoms with Gasteiger partial charge in [0.05, 0.1) is 28.4 Å². The highest BCUT2D eigenvalue weighted by Crippen LogP contribution is 2.36. The number of carbonyl (C=O) groups is 1.